The van der Waals surface area contributed by atoms with Crippen molar-refractivity contribution in [2.24, 2.45) is 0 Å². The maximum absolute atomic E-state index is 12.5. The average molecular weight is 276 g/mol. The van der Waals surface area contributed by atoms with Gasteiger partial charge in [-0.05, 0) is 25.5 Å². The van der Waals surface area contributed by atoms with Crippen LogP contribution in [0.25, 0.3) is 0 Å². The van der Waals surface area contributed by atoms with Gasteiger partial charge in [0, 0.05) is 18.8 Å². The molecule has 1 rings (SSSR count). The second-order valence-electron chi connectivity index (χ2n) is 4.38. The van der Waals surface area contributed by atoms with Crippen molar-refractivity contribution < 1.29 is 14.7 Å². The molecule has 0 aliphatic heterocycles. The fraction of sp³-hybridized carbons (Fsp3) is 0.333. The van der Waals surface area contributed by atoms with E-state index in [1.165, 1.54) is 11.0 Å². The van der Waals surface area contributed by atoms with Crippen LogP contribution in [0.3, 0.4) is 0 Å². The number of hydrogen-bond acceptors (Lipinski definition) is 2. The van der Waals surface area contributed by atoms with E-state index in [-0.39, 0.29) is 19.1 Å². The quantitative estimate of drug-likeness (QED) is 0.812. The van der Waals surface area contributed by atoms with Crippen LogP contribution >= 0.6 is 0 Å². The molecule has 108 valence electrons. The Morgan fingerprint density at radius 2 is 2.00 bits per heavy atom. The van der Waals surface area contributed by atoms with Crippen molar-refractivity contribution in [2.45, 2.75) is 13.8 Å². The van der Waals surface area contributed by atoms with Crippen molar-refractivity contribution in [3.63, 3.8) is 0 Å². The van der Waals surface area contributed by atoms with Gasteiger partial charge in [0.1, 0.15) is 6.54 Å². The van der Waals surface area contributed by atoms with Gasteiger partial charge in [0.15, 0.2) is 0 Å². The van der Waals surface area contributed by atoms with Crippen LogP contribution in [0.15, 0.2) is 36.9 Å². The SMILES string of the molecule is C=CCN(CC(=O)O)C(=O)N(CC)c1ccccc1C. The van der Waals surface area contributed by atoms with E-state index in [2.05, 4.69) is 6.58 Å². The Balaban J connectivity index is 3.03. The zero-order chi connectivity index (χ0) is 15.1. The first-order valence-electron chi connectivity index (χ1n) is 6.46. The van der Waals surface area contributed by atoms with E-state index in [0.29, 0.717) is 6.54 Å². The number of carboxylic acids is 1. The Kier molecular flexibility index (Phi) is 5.77. The highest BCUT2D eigenvalue weighted by molar-refractivity contribution is 5.94. The average Bonchev–Trinajstić information content (AvgIpc) is 2.40. The van der Waals surface area contributed by atoms with Crippen LogP contribution in [-0.2, 0) is 4.79 Å². The number of aryl methyl sites for hydroxylation is 1. The number of hydrogen-bond donors (Lipinski definition) is 1. The molecule has 0 aliphatic carbocycles. The summed E-state index contributed by atoms with van der Waals surface area (Å²) in [4.78, 5) is 26.2. The molecular weight excluding hydrogens is 256 g/mol. The fourth-order valence-electron chi connectivity index (χ4n) is 1.98. The summed E-state index contributed by atoms with van der Waals surface area (Å²) >= 11 is 0. The van der Waals surface area contributed by atoms with Gasteiger partial charge in [-0.15, -0.1) is 6.58 Å². The Morgan fingerprint density at radius 3 is 2.50 bits per heavy atom. The molecule has 1 N–H and O–H groups in total. The molecule has 20 heavy (non-hydrogen) atoms. The molecule has 0 aromatic heterocycles. The molecule has 0 radical (unpaired) electrons. The summed E-state index contributed by atoms with van der Waals surface area (Å²) in [5, 5.41) is 8.89. The number of urea groups is 1. The van der Waals surface area contributed by atoms with Crippen molar-refractivity contribution in [3.05, 3.63) is 42.5 Å². The van der Waals surface area contributed by atoms with Crippen LogP contribution < -0.4 is 4.90 Å². The summed E-state index contributed by atoms with van der Waals surface area (Å²) in [5.74, 6) is -1.04. The van der Waals surface area contributed by atoms with Crippen molar-refractivity contribution in [1.29, 1.82) is 0 Å². The summed E-state index contributed by atoms with van der Waals surface area (Å²) in [6, 6.07) is 7.19. The molecule has 0 unspecified atom stereocenters. The molecule has 0 saturated heterocycles. The Morgan fingerprint density at radius 1 is 1.35 bits per heavy atom. The molecule has 0 aliphatic rings. The predicted octanol–water partition coefficient (Wildman–Crippen LogP) is 2.51. The smallest absolute Gasteiger partial charge is 0.325 e. The zero-order valence-electron chi connectivity index (χ0n) is 11.9. The molecule has 0 atom stereocenters. The van der Waals surface area contributed by atoms with Crippen LogP contribution in [0.1, 0.15) is 12.5 Å². The molecule has 5 nitrogen and oxygen atoms in total. The van der Waals surface area contributed by atoms with Gasteiger partial charge < -0.3 is 10.0 Å². The number of carbonyl (C=O) groups is 2. The summed E-state index contributed by atoms with van der Waals surface area (Å²) < 4.78 is 0. The lowest BCUT2D eigenvalue weighted by Gasteiger charge is -2.29. The van der Waals surface area contributed by atoms with Crippen LogP contribution in [0, 0.1) is 6.92 Å². The van der Waals surface area contributed by atoms with Gasteiger partial charge in [-0.1, -0.05) is 24.3 Å². The maximum Gasteiger partial charge on any atom is 0.325 e. The van der Waals surface area contributed by atoms with Gasteiger partial charge in [0.05, 0.1) is 0 Å². The molecule has 0 saturated carbocycles. The lowest BCUT2D eigenvalue weighted by Crippen LogP contribution is -2.45. The van der Waals surface area contributed by atoms with Crippen LogP contribution in [-0.4, -0.2) is 41.6 Å². The molecule has 0 bridgehead atoms. The second kappa shape index (κ2) is 7.33. The first-order valence-corrected chi connectivity index (χ1v) is 6.46. The number of nitrogens with zero attached hydrogens (tertiary/aromatic N) is 2. The van der Waals surface area contributed by atoms with Crippen LogP contribution in [0.4, 0.5) is 10.5 Å². The second-order valence-corrected chi connectivity index (χ2v) is 4.38. The molecule has 0 heterocycles. The minimum absolute atomic E-state index is 0.202. The third kappa shape index (κ3) is 3.85. The number of para-hydroxylation sites is 1. The van der Waals surface area contributed by atoms with E-state index in [0.717, 1.165) is 11.3 Å². The normalized spacial score (nSPS) is 9.90. The standard InChI is InChI=1S/C15H20N2O3/c1-4-10-16(11-14(18)19)15(20)17(5-2)13-9-7-6-8-12(13)3/h4,6-9H,1,5,10-11H2,2-3H3,(H,18,19). The lowest BCUT2D eigenvalue weighted by atomic mass is 10.2. The highest BCUT2D eigenvalue weighted by atomic mass is 16.4. The van der Waals surface area contributed by atoms with Crippen molar-refractivity contribution in [1.82, 2.24) is 4.90 Å². The molecule has 2 amide bonds. The van der Waals surface area contributed by atoms with E-state index >= 15 is 0 Å². The van der Waals surface area contributed by atoms with Crippen molar-refractivity contribution in [2.75, 3.05) is 24.5 Å². The fourth-order valence-corrected chi connectivity index (χ4v) is 1.98. The first kappa shape index (κ1) is 15.8. The number of benzene rings is 1. The minimum Gasteiger partial charge on any atom is -0.480 e. The van der Waals surface area contributed by atoms with E-state index in [1.54, 1.807) is 4.90 Å². The van der Waals surface area contributed by atoms with Gasteiger partial charge in [-0.25, -0.2) is 4.79 Å². The Labute approximate surface area is 119 Å². The molecule has 5 heteroatoms. The molecule has 1 aromatic carbocycles. The van der Waals surface area contributed by atoms with Gasteiger partial charge in [-0.3, -0.25) is 9.69 Å². The monoisotopic (exact) mass is 276 g/mol. The Hall–Kier alpha value is -2.30. The van der Waals surface area contributed by atoms with Gasteiger partial charge in [-0.2, -0.15) is 0 Å². The van der Waals surface area contributed by atoms with E-state index in [9.17, 15) is 9.59 Å². The molecule has 1 aromatic rings. The molecule has 0 spiro atoms. The maximum atomic E-state index is 12.5. The van der Waals surface area contributed by atoms with Gasteiger partial charge in [0.2, 0.25) is 0 Å². The summed E-state index contributed by atoms with van der Waals surface area (Å²) in [5.41, 5.74) is 1.76. The summed E-state index contributed by atoms with van der Waals surface area (Å²) in [6.07, 6.45) is 1.52. The highest BCUT2D eigenvalue weighted by Gasteiger charge is 2.23. The highest BCUT2D eigenvalue weighted by Crippen LogP contribution is 2.20. The van der Waals surface area contributed by atoms with Crippen LogP contribution in [0.5, 0.6) is 0 Å². The van der Waals surface area contributed by atoms with Crippen molar-refractivity contribution >= 4 is 17.7 Å². The van der Waals surface area contributed by atoms with E-state index < -0.39 is 5.97 Å². The molecular formula is C15H20N2O3. The predicted molar refractivity (Wildman–Crippen MR) is 79.0 cm³/mol. The Bertz CT molecular complexity index is 500. The topological polar surface area (TPSA) is 60.9 Å². The lowest BCUT2D eigenvalue weighted by molar-refractivity contribution is -0.137. The number of carbonyl (C=O) groups excluding carboxylic acids is 1. The summed E-state index contributed by atoms with van der Waals surface area (Å²) in [6.45, 7) is 7.67. The third-order valence-electron chi connectivity index (χ3n) is 2.90. The first-order chi connectivity index (χ1) is 9.51. The number of anilines is 1. The zero-order valence-corrected chi connectivity index (χ0v) is 11.9. The van der Waals surface area contributed by atoms with Crippen LogP contribution in [0.2, 0.25) is 0 Å². The van der Waals surface area contributed by atoms with E-state index in [1.807, 2.05) is 38.1 Å². The third-order valence-corrected chi connectivity index (χ3v) is 2.90. The van der Waals surface area contributed by atoms with Gasteiger partial charge in [0.25, 0.3) is 0 Å². The number of aliphatic carboxylic acids is 1. The summed E-state index contributed by atoms with van der Waals surface area (Å²) in [7, 11) is 0. The van der Waals surface area contributed by atoms with Crippen molar-refractivity contribution in [3.8, 4) is 0 Å². The van der Waals surface area contributed by atoms with E-state index in [4.69, 9.17) is 5.11 Å². The number of rotatable bonds is 6. The van der Waals surface area contributed by atoms with Gasteiger partial charge >= 0.3 is 12.0 Å². The molecule has 0 fully saturated rings. The number of carboxylic acid groups (broad SMARTS) is 1. The number of amides is 2. The largest absolute Gasteiger partial charge is 0.480 e. The minimum atomic E-state index is -1.04.